The van der Waals surface area contributed by atoms with Crippen LogP contribution in [0.25, 0.3) is 11.0 Å². The van der Waals surface area contributed by atoms with Crippen molar-refractivity contribution in [1.82, 2.24) is 5.32 Å². The van der Waals surface area contributed by atoms with Gasteiger partial charge in [-0.3, -0.25) is 4.79 Å². The lowest BCUT2D eigenvalue weighted by molar-refractivity contribution is -0.119. The molecule has 4 nitrogen and oxygen atoms in total. The van der Waals surface area contributed by atoms with E-state index in [1.165, 1.54) is 13.0 Å². The van der Waals surface area contributed by atoms with Gasteiger partial charge in [-0.15, -0.1) is 0 Å². The third-order valence-electron chi connectivity index (χ3n) is 2.51. The molecule has 1 N–H and O–H groups in total. The lowest BCUT2D eigenvalue weighted by Gasteiger charge is -2.06. The van der Waals surface area contributed by atoms with E-state index >= 15 is 0 Å². The fourth-order valence-electron chi connectivity index (χ4n) is 1.71. The first-order valence-electron chi connectivity index (χ1n) is 5.34. The van der Waals surface area contributed by atoms with Gasteiger partial charge in [-0.05, 0) is 24.6 Å². The molecule has 0 saturated heterocycles. The van der Waals surface area contributed by atoms with E-state index in [0.29, 0.717) is 12.1 Å². The molecule has 0 saturated carbocycles. The van der Waals surface area contributed by atoms with Crippen LogP contribution in [0.15, 0.2) is 33.5 Å². The van der Waals surface area contributed by atoms with Gasteiger partial charge >= 0.3 is 5.63 Å². The second-order valence-corrected chi connectivity index (χ2v) is 4.00. The third kappa shape index (κ3) is 2.53. The summed E-state index contributed by atoms with van der Waals surface area (Å²) in [6.07, 6.45) is 0. The van der Waals surface area contributed by atoms with Crippen LogP contribution in [0.1, 0.15) is 18.1 Å². The van der Waals surface area contributed by atoms with Crippen molar-refractivity contribution in [1.29, 1.82) is 0 Å². The van der Waals surface area contributed by atoms with Crippen LogP contribution in [-0.4, -0.2) is 5.91 Å². The molecule has 0 unspecified atom stereocenters. The van der Waals surface area contributed by atoms with E-state index in [2.05, 4.69) is 5.32 Å². The molecule has 0 spiro atoms. The number of hydrogen-bond acceptors (Lipinski definition) is 3. The van der Waals surface area contributed by atoms with E-state index in [4.69, 9.17) is 4.42 Å². The summed E-state index contributed by atoms with van der Waals surface area (Å²) in [5, 5.41) is 3.54. The molecule has 2 rings (SSSR count). The summed E-state index contributed by atoms with van der Waals surface area (Å²) >= 11 is 0. The number of fused-ring (bicyclic) bond motifs is 1. The van der Waals surface area contributed by atoms with Crippen LogP contribution in [-0.2, 0) is 11.3 Å². The number of benzene rings is 1. The molecule has 1 amide bonds. The lowest BCUT2D eigenvalue weighted by Crippen LogP contribution is -2.20. The number of hydrogen-bond donors (Lipinski definition) is 1. The van der Waals surface area contributed by atoms with Gasteiger partial charge in [-0.25, -0.2) is 4.79 Å². The molecule has 0 bridgehead atoms. The van der Waals surface area contributed by atoms with Gasteiger partial charge in [0, 0.05) is 24.9 Å². The minimum atomic E-state index is -0.401. The van der Waals surface area contributed by atoms with Crippen molar-refractivity contribution in [2.24, 2.45) is 0 Å². The molecule has 1 aromatic carbocycles. The van der Waals surface area contributed by atoms with Gasteiger partial charge in [-0.1, -0.05) is 11.6 Å². The summed E-state index contributed by atoms with van der Waals surface area (Å²) in [6, 6.07) is 7.00. The van der Waals surface area contributed by atoms with Gasteiger partial charge in [0.1, 0.15) is 5.58 Å². The van der Waals surface area contributed by atoms with Gasteiger partial charge in [0.2, 0.25) is 5.91 Å². The monoisotopic (exact) mass is 231 g/mol. The highest BCUT2D eigenvalue weighted by Crippen LogP contribution is 2.18. The Hall–Kier alpha value is -2.10. The quantitative estimate of drug-likeness (QED) is 0.801. The first kappa shape index (κ1) is 11.4. The van der Waals surface area contributed by atoms with Crippen LogP contribution in [0.2, 0.25) is 0 Å². The minimum absolute atomic E-state index is 0.126. The molecular formula is C13H13NO3. The molecule has 0 aliphatic rings. The first-order valence-corrected chi connectivity index (χ1v) is 5.34. The van der Waals surface area contributed by atoms with Crippen molar-refractivity contribution in [3.05, 3.63) is 45.8 Å². The van der Waals surface area contributed by atoms with Gasteiger partial charge in [0.15, 0.2) is 0 Å². The number of rotatable bonds is 2. The number of carbonyl (C=O) groups is 1. The molecule has 0 radical (unpaired) electrons. The Morgan fingerprint density at radius 3 is 2.82 bits per heavy atom. The van der Waals surface area contributed by atoms with Crippen LogP contribution in [0, 0.1) is 6.92 Å². The predicted octanol–water partition coefficient (Wildman–Crippen LogP) is 1.74. The van der Waals surface area contributed by atoms with Crippen LogP contribution in [0.3, 0.4) is 0 Å². The van der Waals surface area contributed by atoms with Gasteiger partial charge < -0.3 is 9.73 Å². The largest absolute Gasteiger partial charge is 0.423 e. The van der Waals surface area contributed by atoms with Crippen LogP contribution < -0.4 is 10.9 Å². The highest BCUT2D eigenvalue weighted by molar-refractivity contribution is 5.81. The Balaban J connectivity index is 2.55. The van der Waals surface area contributed by atoms with Crippen molar-refractivity contribution in [2.75, 3.05) is 0 Å². The zero-order valence-electron chi connectivity index (χ0n) is 9.74. The third-order valence-corrected chi connectivity index (χ3v) is 2.51. The maximum Gasteiger partial charge on any atom is 0.336 e. The SMILES string of the molecule is CC(=O)NCc1cc(=O)oc2ccc(C)cc12. The summed E-state index contributed by atoms with van der Waals surface area (Å²) in [6.45, 7) is 3.74. The molecule has 0 fully saturated rings. The summed E-state index contributed by atoms with van der Waals surface area (Å²) in [5.74, 6) is -0.126. The van der Waals surface area contributed by atoms with Crippen molar-refractivity contribution in [3.63, 3.8) is 0 Å². The molecule has 17 heavy (non-hydrogen) atoms. The Labute approximate surface area is 98.3 Å². The molecular weight excluding hydrogens is 218 g/mol. The fourth-order valence-corrected chi connectivity index (χ4v) is 1.71. The van der Waals surface area contributed by atoms with Crippen LogP contribution >= 0.6 is 0 Å². The second kappa shape index (κ2) is 4.41. The van der Waals surface area contributed by atoms with Gasteiger partial charge in [-0.2, -0.15) is 0 Å². The smallest absolute Gasteiger partial charge is 0.336 e. The highest BCUT2D eigenvalue weighted by Gasteiger charge is 2.06. The summed E-state index contributed by atoms with van der Waals surface area (Å²) in [4.78, 5) is 22.2. The molecule has 0 aliphatic heterocycles. The Bertz CT molecular complexity index is 628. The molecule has 2 aromatic rings. The molecule has 1 heterocycles. The van der Waals surface area contributed by atoms with Crippen LogP contribution in [0.4, 0.5) is 0 Å². The number of amides is 1. The van der Waals surface area contributed by atoms with E-state index in [0.717, 1.165) is 16.5 Å². The second-order valence-electron chi connectivity index (χ2n) is 4.00. The maximum absolute atomic E-state index is 11.4. The number of carbonyl (C=O) groups excluding carboxylic acids is 1. The van der Waals surface area contributed by atoms with Gasteiger partial charge in [0.05, 0.1) is 0 Å². The van der Waals surface area contributed by atoms with E-state index in [1.54, 1.807) is 6.07 Å². The minimum Gasteiger partial charge on any atom is -0.423 e. The van der Waals surface area contributed by atoms with Crippen LogP contribution in [0.5, 0.6) is 0 Å². The summed E-state index contributed by atoms with van der Waals surface area (Å²) in [5.41, 5.74) is 2.00. The van der Waals surface area contributed by atoms with Crippen molar-refractivity contribution >= 4 is 16.9 Å². The van der Waals surface area contributed by atoms with Crippen molar-refractivity contribution < 1.29 is 9.21 Å². The zero-order chi connectivity index (χ0) is 12.4. The Morgan fingerprint density at radius 1 is 1.35 bits per heavy atom. The first-order chi connectivity index (χ1) is 8.06. The molecule has 88 valence electrons. The molecule has 1 aromatic heterocycles. The summed E-state index contributed by atoms with van der Waals surface area (Å²) in [7, 11) is 0. The van der Waals surface area contributed by atoms with E-state index in [1.807, 2.05) is 19.1 Å². The molecule has 0 aliphatic carbocycles. The molecule has 4 heteroatoms. The Morgan fingerprint density at radius 2 is 2.12 bits per heavy atom. The highest BCUT2D eigenvalue weighted by atomic mass is 16.4. The normalized spacial score (nSPS) is 10.5. The standard InChI is InChI=1S/C13H13NO3/c1-8-3-4-12-11(5-8)10(6-13(16)17-12)7-14-9(2)15/h3-6H,7H2,1-2H3,(H,14,15). The zero-order valence-corrected chi connectivity index (χ0v) is 9.74. The average molecular weight is 231 g/mol. The predicted molar refractivity (Wildman–Crippen MR) is 64.7 cm³/mol. The maximum atomic E-state index is 11.4. The van der Waals surface area contributed by atoms with Crippen molar-refractivity contribution in [3.8, 4) is 0 Å². The lowest BCUT2D eigenvalue weighted by atomic mass is 10.1. The van der Waals surface area contributed by atoms with E-state index < -0.39 is 5.63 Å². The number of nitrogens with one attached hydrogen (secondary N) is 1. The average Bonchev–Trinajstić information content (AvgIpc) is 2.26. The van der Waals surface area contributed by atoms with E-state index in [9.17, 15) is 9.59 Å². The van der Waals surface area contributed by atoms with Gasteiger partial charge in [0.25, 0.3) is 0 Å². The van der Waals surface area contributed by atoms with Crippen molar-refractivity contribution in [2.45, 2.75) is 20.4 Å². The topological polar surface area (TPSA) is 59.3 Å². The number of aryl methyl sites for hydroxylation is 1. The molecule has 0 atom stereocenters. The fraction of sp³-hybridized carbons (Fsp3) is 0.231. The van der Waals surface area contributed by atoms with E-state index in [-0.39, 0.29) is 5.91 Å². The Kier molecular flexibility index (Phi) is 2.95. The summed E-state index contributed by atoms with van der Waals surface area (Å²) < 4.78 is 5.10.